The van der Waals surface area contributed by atoms with Crippen LogP contribution in [0.15, 0.2) is 46.4 Å². The fourth-order valence-electron chi connectivity index (χ4n) is 3.09. The van der Waals surface area contributed by atoms with Crippen LogP contribution in [0.25, 0.3) is 0 Å². The minimum absolute atomic E-state index is 0.0168. The first-order valence-corrected chi connectivity index (χ1v) is 11.0. The molecule has 0 radical (unpaired) electrons. The van der Waals surface area contributed by atoms with Crippen LogP contribution in [0.1, 0.15) is 18.1 Å². The number of benzene rings is 2. The number of nitrogens with zero attached hydrogens (tertiary/aromatic N) is 4. The predicted octanol–water partition coefficient (Wildman–Crippen LogP) is 2.67. The quantitative estimate of drug-likeness (QED) is 0.373. The van der Waals surface area contributed by atoms with Crippen molar-refractivity contribution in [1.82, 2.24) is 4.31 Å². The van der Waals surface area contributed by atoms with Crippen LogP contribution < -0.4 is 5.43 Å². The fraction of sp³-hybridized carbons (Fsp3) is 0.316. The van der Waals surface area contributed by atoms with E-state index in [0.717, 1.165) is 6.07 Å². The summed E-state index contributed by atoms with van der Waals surface area (Å²) in [5.74, 6) is 0. The van der Waals surface area contributed by atoms with Gasteiger partial charge >= 0.3 is 0 Å². The molecule has 2 aromatic rings. The van der Waals surface area contributed by atoms with Crippen molar-refractivity contribution in [2.45, 2.75) is 18.7 Å². The molecule has 0 amide bonds. The minimum atomic E-state index is -3.90. The minimum Gasteiger partial charge on any atom is -0.379 e. The van der Waals surface area contributed by atoms with Crippen LogP contribution in [-0.4, -0.2) is 54.6 Å². The third-order valence-corrected chi connectivity index (χ3v) is 6.84. The Kier molecular flexibility index (Phi) is 6.81. The van der Waals surface area contributed by atoms with Crippen molar-refractivity contribution in [3.05, 3.63) is 67.8 Å². The second-order valence-corrected chi connectivity index (χ2v) is 8.96. The van der Waals surface area contributed by atoms with Gasteiger partial charge in [0.1, 0.15) is 5.69 Å². The fourth-order valence-corrected chi connectivity index (χ4v) is 4.52. The first-order valence-electron chi connectivity index (χ1n) is 9.53. The van der Waals surface area contributed by atoms with Gasteiger partial charge in [-0.3, -0.25) is 25.7 Å². The van der Waals surface area contributed by atoms with Crippen molar-refractivity contribution < 1.29 is 23.0 Å². The first kappa shape index (κ1) is 23.2. The molecule has 1 N–H and O–H groups in total. The van der Waals surface area contributed by atoms with Crippen molar-refractivity contribution >= 4 is 32.8 Å². The van der Waals surface area contributed by atoms with Gasteiger partial charge in [0, 0.05) is 36.3 Å². The van der Waals surface area contributed by atoms with Gasteiger partial charge in [0.15, 0.2) is 0 Å². The molecular weight excluding hydrogens is 442 g/mol. The summed E-state index contributed by atoms with van der Waals surface area (Å²) in [6.07, 6.45) is 0. The number of hydrazone groups is 1. The predicted molar refractivity (Wildman–Crippen MR) is 116 cm³/mol. The normalized spacial score (nSPS) is 15.4. The number of nitro benzene ring substituents is 2. The Balaban J connectivity index is 1.89. The molecule has 32 heavy (non-hydrogen) atoms. The number of rotatable bonds is 7. The van der Waals surface area contributed by atoms with Crippen LogP contribution in [0.2, 0.25) is 0 Å². The van der Waals surface area contributed by atoms with Gasteiger partial charge in [-0.15, -0.1) is 0 Å². The average molecular weight is 463 g/mol. The number of nitrogens with one attached hydrogen (secondary N) is 1. The standard InChI is InChI=1S/C19H21N5O7S/c1-13-3-4-15(11-18(13)23(25)26)14(2)20-21-17-6-5-16(12-19(17)24(27)28)32(29,30)22-7-9-31-10-8-22/h3-6,11-12,21H,7-10H2,1-2H3/b20-14+. The summed E-state index contributed by atoms with van der Waals surface area (Å²) < 4.78 is 31.9. The van der Waals surface area contributed by atoms with E-state index < -0.39 is 25.6 Å². The molecule has 0 bridgehead atoms. The van der Waals surface area contributed by atoms with E-state index in [2.05, 4.69) is 10.5 Å². The first-order chi connectivity index (χ1) is 15.1. The topological polar surface area (TPSA) is 157 Å². The molecule has 2 aromatic carbocycles. The van der Waals surface area contributed by atoms with Gasteiger partial charge < -0.3 is 4.74 Å². The number of hydrogen-bond acceptors (Lipinski definition) is 9. The van der Waals surface area contributed by atoms with E-state index in [1.54, 1.807) is 26.0 Å². The Labute approximate surface area is 183 Å². The van der Waals surface area contributed by atoms with E-state index in [9.17, 15) is 28.6 Å². The molecule has 170 valence electrons. The van der Waals surface area contributed by atoms with Crippen LogP contribution in [0, 0.1) is 27.2 Å². The second-order valence-electron chi connectivity index (χ2n) is 7.02. The van der Waals surface area contributed by atoms with E-state index >= 15 is 0 Å². The van der Waals surface area contributed by atoms with E-state index in [1.165, 1.54) is 22.5 Å². The van der Waals surface area contributed by atoms with Gasteiger partial charge in [-0.25, -0.2) is 8.42 Å². The third kappa shape index (κ3) is 4.90. The number of nitro groups is 2. The highest BCUT2D eigenvalue weighted by Gasteiger charge is 2.29. The molecule has 0 spiro atoms. The van der Waals surface area contributed by atoms with E-state index in [-0.39, 0.29) is 42.6 Å². The van der Waals surface area contributed by atoms with Crippen molar-refractivity contribution in [3.8, 4) is 0 Å². The zero-order valence-corrected chi connectivity index (χ0v) is 18.2. The highest BCUT2D eigenvalue weighted by Crippen LogP contribution is 2.29. The van der Waals surface area contributed by atoms with Crippen molar-refractivity contribution in [1.29, 1.82) is 0 Å². The maximum absolute atomic E-state index is 12.8. The number of sulfonamides is 1. The van der Waals surface area contributed by atoms with Gasteiger partial charge in [0.25, 0.3) is 11.4 Å². The lowest BCUT2D eigenvalue weighted by Crippen LogP contribution is -2.40. The number of anilines is 1. The van der Waals surface area contributed by atoms with E-state index in [4.69, 9.17) is 4.74 Å². The van der Waals surface area contributed by atoms with Crippen molar-refractivity contribution in [2.75, 3.05) is 31.7 Å². The van der Waals surface area contributed by atoms with Gasteiger partial charge in [0.2, 0.25) is 10.0 Å². The SMILES string of the molecule is C/C(=N\Nc1ccc(S(=O)(=O)N2CCOCC2)cc1[N+](=O)[O-])c1ccc(C)c([N+](=O)[O-])c1. The summed E-state index contributed by atoms with van der Waals surface area (Å²) in [5, 5.41) is 26.8. The molecule has 0 aromatic heterocycles. The molecule has 0 aliphatic carbocycles. The van der Waals surface area contributed by atoms with Gasteiger partial charge in [-0.1, -0.05) is 12.1 Å². The van der Waals surface area contributed by atoms with Crippen LogP contribution in [0.5, 0.6) is 0 Å². The molecule has 3 rings (SSSR count). The monoisotopic (exact) mass is 463 g/mol. The van der Waals surface area contributed by atoms with Crippen molar-refractivity contribution in [2.24, 2.45) is 5.10 Å². The lowest BCUT2D eigenvalue weighted by molar-refractivity contribution is -0.385. The Morgan fingerprint density at radius 1 is 1.06 bits per heavy atom. The van der Waals surface area contributed by atoms with E-state index in [0.29, 0.717) is 16.8 Å². The Morgan fingerprint density at radius 2 is 1.72 bits per heavy atom. The molecule has 1 fully saturated rings. The van der Waals surface area contributed by atoms with Crippen LogP contribution in [-0.2, 0) is 14.8 Å². The second kappa shape index (κ2) is 9.38. The average Bonchev–Trinajstić information content (AvgIpc) is 2.77. The van der Waals surface area contributed by atoms with E-state index in [1.807, 2.05) is 0 Å². The molecule has 0 saturated carbocycles. The Morgan fingerprint density at radius 3 is 2.34 bits per heavy atom. The summed E-state index contributed by atoms with van der Waals surface area (Å²) in [6, 6.07) is 8.11. The third-order valence-electron chi connectivity index (χ3n) is 4.94. The Bertz CT molecular complexity index is 1190. The van der Waals surface area contributed by atoms with Crippen molar-refractivity contribution in [3.63, 3.8) is 0 Å². The summed E-state index contributed by atoms with van der Waals surface area (Å²) in [5.41, 5.74) is 3.32. The molecule has 1 aliphatic heterocycles. The summed E-state index contributed by atoms with van der Waals surface area (Å²) in [7, 11) is -3.90. The summed E-state index contributed by atoms with van der Waals surface area (Å²) in [4.78, 5) is 21.3. The molecule has 0 unspecified atom stereocenters. The Hall–Kier alpha value is -3.42. The molecule has 1 heterocycles. The summed E-state index contributed by atoms with van der Waals surface area (Å²) >= 11 is 0. The van der Waals surface area contributed by atoms with Gasteiger partial charge in [0.05, 0.1) is 33.7 Å². The molecule has 12 nitrogen and oxygen atoms in total. The zero-order valence-electron chi connectivity index (χ0n) is 17.3. The van der Waals surface area contributed by atoms with Gasteiger partial charge in [-0.05, 0) is 26.0 Å². The summed E-state index contributed by atoms with van der Waals surface area (Å²) in [6.45, 7) is 4.05. The maximum Gasteiger partial charge on any atom is 0.295 e. The lowest BCUT2D eigenvalue weighted by atomic mass is 10.1. The molecule has 1 saturated heterocycles. The van der Waals surface area contributed by atoms with Crippen LogP contribution >= 0.6 is 0 Å². The lowest BCUT2D eigenvalue weighted by Gasteiger charge is -2.26. The number of hydrogen-bond donors (Lipinski definition) is 1. The number of aryl methyl sites for hydroxylation is 1. The molecule has 13 heteroatoms. The maximum atomic E-state index is 12.8. The zero-order chi connectivity index (χ0) is 23.5. The number of morpholine rings is 1. The molecule has 1 aliphatic rings. The smallest absolute Gasteiger partial charge is 0.295 e. The van der Waals surface area contributed by atoms with Crippen LogP contribution in [0.3, 0.4) is 0 Å². The van der Waals surface area contributed by atoms with Gasteiger partial charge in [-0.2, -0.15) is 9.41 Å². The highest BCUT2D eigenvalue weighted by atomic mass is 32.2. The largest absolute Gasteiger partial charge is 0.379 e. The molecule has 0 atom stereocenters. The number of ether oxygens (including phenoxy) is 1. The van der Waals surface area contributed by atoms with Crippen LogP contribution in [0.4, 0.5) is 17.1 Å². The molecular formula is C19H21N5O7S. The highest BCUT2D eigenvalue weighted by molar-refractivity contribution is 7.89.